The van der Waals surface area contributed by atoms with E-state index in [1.165, 1.54) is 0 Å². The van der Waals surface area contributed by atoms with Crippen LogP contribution in [0.1, 0.15) is 50.6 Å². The fourth-order valence-electron chi connectivity index (χ4n) is 4.25. The maximum Gasteiger partial charge on any atom is 0.291 e. The Kier molecular flexibility index (Phi) is 6.22. The molecule has 1 aliphatic carbocycles. The number of nitrogens with zero attached hydrogens (tertiary/aromatic N) is 2. The first-order valence-electron chi connectivity index (χ1n) is 11.5. The predicted molar refractivity (Wildman–Crippen MR) is 134 cm³/mol. The van der Waals surface area contributed by atoms with Crippen molar-refractivity contribution in [1.82, 2.24) is 10.4 Å². The van der Waals surface area contributed by atoms with E-state index < -0.39 is 0 Å². The van der Waals surface area contributed by atoms with Crippen LogP contribution in [0.2, 0.25) is 0 Å². The minimum absolute atomic E-state index is 0.247. The van der Waals surface area contributed by atoms with E-state index >= 15 is 0 Å². The zero-order valence-electron chi connectivity index (χ0n) is 19.2. The number of amides is 2. The molecule has 0 radical (unpaired) electrons. The van der Waals surface area contributed by atoms with Gasteiger partial charge in [0.1, 0.15) is 5.76 Å². The molecule has 1 aliphatic rings. The van der Waals surface area contributed by atoms with Crippen LogP contribution in [0, 0.1) is 6.92 Å². The molecule has 4 aromatic rings. The number of aromatic nitrogens is 1. The molecule has 7 heteroatoms. The summed E-state index contributed by atoms with van der Waals surface area (Å²) >= 11 is 0. The number of hydrogen-bond acceptors (Lipinski definition) is 5. The van der Waals surface area contributed by atoms with Crippen molar-refractivity contribution in [2.24, 2.45) is 5.10 Å². The van der Waals surface area contributed by atoms with Crippen LogP contribution in [0.5, 0.6) is 0 Å². The Balaban J connectivity index is 1.32. The second-order valence-electron chi connectivity index (χ2n) is 8.35. The first kappa shape index (κ1) is 22.3. The quantitative estimate of drug-likeness (QED) is 0.388. The molecule has 2 N–H and O–H groups in total. The van der Waals surface area contributed by atoms with Crippen molar-refractivity contribution < 1.29 is 14.0 Å². The second-order valence-corrected chi connectivity index (χ2v) is 8.35. The summed E-state index contributed by atoms with van der Waals surface area (Å²) in [6, 6.07) is 20.9. The lowest BCUT2D eigenvalue weighted by molar-refractivity contribution is 0.0953. The van der Waals surface area contributed by atoms with Crippen LogP contribution in [0.25, 0.3) is 11.1 Å². The summed E-state index contributed by atoms with van der Waals surface area (Å²) in [5, 5.41) is 7.22. The third-order valence-electron chi connectivity index (χ3n) is 6.00. The third kappa shape index (κ3) is 4.75. The van der Waals surface area contributed by atoms with Gasteiger partial charge in [-0.25, -0.2) is 5.43 Å². The number of nitrogens with one attached hydrogen (secondary N) is 2. The first-order valence-corrected chi connectivity index (χ1v) is 11.5. The zero-order chi connectivity index (χ0) is 24.2. The summed E-state index contributed by atoms with van der Waals surface area (Å²) in [5.74, 6) is 0.327. The fourth-order valence-corrected chi connectivity index (χ4v) is 4.25. The molecule has 0 saturated heterocycles. The largest absolute Gasteiger partial charge is 0.455 e. The van der Waals surface area contributed by atoms with Crippen LogP contribution in [0.4, 0.5) is 5.69 Å². The molecule has 35 heavy (non-hydrogen) atoms. The Bertz CT molecular complexity index is 1390. The summed E-state index contributed by atoms with van der Waals surface area (Å²) in [4.78, 5) is 29.5. The predicted octanol–water partition coefficient (Wildman–Crippen LogP) is 5.37. The molecule has 0 atom stereocenters. The van der Waals surface area contributed by atoms with Gasteiger partial charge in [-0.3, -0.25) is 14.6 Å². The van der Waals surface area contributed by atoms with Crippen LogP contribution < -0.4 is 10.7 Å². The van der Waals surface area contributed by atoms with Gasteiger partial charge >= 0.3 is 0 Å². The number of pyridine rings is 1. The van der Waals surface area contributed by atoms with Gasteiger partial charge in [0.05, 0.1) is 17.6 Å². The number of anilines is 1. The minimum atomic E-state index is -0.341. The van der Waals surface area contributed by atoms with Crippen molar-refractivity contribution in [2.75, 3.05) is 5.32 Å². The number of hydrazone groups is 1. The summed E-state index contributed by atoms with van der Waals surface area (Å²) in [7, 11) is 0. The SMILES string of the molecule is Cc1c(C(=O)Nc2cccnc2)oc2c1/C(=N/NC(=O)c1ccc(-c3ccccc3)cc1)CCC2. The van der Waals surface area contributed by atoms with Crippen molar-refractivity contribution in [3.05, 3.63) is 107 Å². The topological polar surface area (TPSA) is 96.6 Å². The highest BCUT2D eigenvalue weighted by molar-refractivity contribution is 6.09. The number of aryl methyl sites for hydroxylation is 1. The number of rotatable bonds is 5. The smallest absolute Gasteiger partial charge is 0.291 e. The lowest BCUT2D eigenvalue weighted by atomic mass is 9.93. The molecule has 0 bridgehead atoms. The van der Waals surface area contributed by atoms with Crippen LogP contribution >= 0.6 is 0 Å². The number of furan rings is 1. The number of carbonyl (C=O) groups is 2. The maximum absolute atomic E-state index is 12.8. The van der Waals surface area contributed by atoms with Gasteiger partial charge in [0.2, 0.25) is 0 Å². The Labute approximate surface area is 202 Å². The van der Waals surface area contributed by atoms with Crippen molar-refractivity contribution in [1.29, 1.82) is 0 Å². The molecule has 0 spiro atoms. The number of hydrogen-bond donors (Lipinski definition) is 2. The molecule has 174 valence electrons. The normalized spacial score (nSPS) is 13.8. The molecule has 2 amide bonds. The maximum atomic E-state index is 12.8. The van der Waals surface area contributed by atoms with E-state index in [-0.39, 0.29) is 17.6 Å². The lowest BCUT2D eigenvalue weighted by Crippen LogP contribution is -2.22. The van der Waals surface area contributed by atoms with Gasteiger partial charge in [-0.15, -0.1) is 0 Å². The molecule has 0 saturated carbocycles. The summed E-state index contributed by atoms with van der Waals surface area (Å²) in [5.41, 5.74) is 8.13. The average Bonchev–Trinajstić information content (AvgIpc) is 3.25. The van der Waals surface area contributed by atoms with E-state index in [4.69, 9.17) is 4.42 Å². The highest BCUT2D eigenvalue weighted by Crippen LogP contribution is 2.30. The molecule has 5 rings (SSSR count). The Morgan fingerprint density at radius 1 is 0.914 bits per heavy atom. The molecule has 2 aromatic heterocycles. The summed E-state index contributed by atoms with van der Waals surface area (Å²) in [6.45, 7) is 1.84. The van der Waals surface area contributed by atoms with E-state index in [0.717, 1.165) is 23.1 Å². The van der Waals surface area contributed by atoms with Gasteiger partial charge in [-0.1, -0.05) is 42.5 Å². The van der Waals surface area contributed by atoms with Crippen LogP contribution in [-0.2, 0) is 6.42 Å². The third-order valence-corrected chi connectivity index (χ3v) is 6.00. The van der Waals surface area contributed by atoms with E-state index in [1.807, 2.05) is 49.4 Å². The highest BCUT2D eigenvalue weighted by Gasteiger charge is 2.28. The summed E-state index contributed by atoms with van der Waals surface area (Å²) in [6.07, 6.45) is 5.44. The van der Waals surface area contributed by atoms with E-state index in [2.05, 4.69) is 20.8 Å². The summed E-state index contributed by atoms with van der Waals surface area (Å²) < 4.78 is 5.92. The molecule has 7 nitrogen and oxygen atoms in total. The van der Waals surface area contributed by atoms with E-state index in [0.29, 0.717) is 41.1 Å². The second kappa shape index (κ2) is 9.77. The van der Waals surface area contributed by atoms with Gasteiger partial charge in [0, 0.05) is 29.3 Å². The number of fused-ring (bicyclic) bond motifs is 1. The number of benzene rings is 2. The Morgan fingerprint density at radius 3 is 2.43 bits per heavy atom. The van der Waals surface area contributed by atoms with Crippen molar-refractivity contribution in [3.63, 3.8) is 0 Å². The molecular formula is C28H24N4O3. The molecule has 0 fully saturated rings. The Hall–Kier alpha value is -4.52. The van der Waals surface area contributed by atoms with Crippen molar-refractivity contribution in [3.8, 4) is 11.1 Å². The van der Waals surface area contributed by atoms with Gasteiger partial charge in [-0.2, -0.15) is 5.10 Å². The first-order chi connectivity index (χ1) is 17.1. The standard InChI is InChI=1S/C28H24N4O3/c1-18-25-23(10-5-11-24(25)35-26(18)28(34)30-22-9-6-16-29-17-22)31-32-27(33)21-14-12-20(13-15-21)19-7-3-2-4-8-19/h2-4,6-9,12-17H,5,10-11H2,1H3,(H,30,34)(H,32,33)/b31-23+. The molecule has 0 unspecified atom stereocenters. The average molecular weight is 465 g/mol. The highest BCUT2D eigenvalue weighted by atomic mass is 16.4. The van der Waals surface area contributed by atoms with Gasteiger partial charge in [0.15, 0.2) is 5.76 Å². The van der Waals surface area contributed by atoms with Crippen LogP contribution in [0.3, 0.4) is 0 Å². The molecule has 0 aliphatic heterocycles. The van der Waals surface area contributed by atoms with Gasteiger partial charge in [-0.05, 0) is 55.2 Å². The van der Waals surface area contributed by atoms with Crippen molar-refractivity contribution >= 4 is 23.2 Å². The lowest BCUT2D eigenvalue weighted by Gasteiger charge is -2.13. The molecule has 2 aromatic carbocycles. The van der Waals surface area contributed by atoms with E-state index in [9.17, 15) is 9.59 Å². The minimum Gasteiger partial charge on any atom is -0.455 e. The fraction of sp³-hybridized carbons (Fsp3) is 0.143. The monoisotopic (exact) mass is 464 g/mol. The van der Waals surface area contributed by atoms with Gasteiger partial charge in [0.25, 0.3) is 11.8 Å². The number of carbonyl (C=O) groups excluding carboxylic acids is 2. The van der Waals surface area contributed by atoms with Gasteiger partial charge < -0.3 is 9.73 Å². The molecular weight excluding hydrogens is 440 g/mol. The van der Waals surface area contributed by atoms with Crippen LogP contribution in [-0.4, -0.2) is 22.5 Å². The Morgan fingerprint density at radius 2 is 1.69 bits per heavy atom. The van der Waals surface area contributed by atoms with Crippen LogP contribution in [0.15, 0.2) is 88.6 Å². The zero-order valence-corrected chi connectivity index (χ0v) is 19.2. The van der Waals surface area contributed by atoms with E-state index in [1.54, 1.807) is 36.7 Å². The molecule has 2 heterocycles. The van der Waals surface area contributed by atoms with Crippen molar-refractivity contribution in [2.45, 2.75) is 26.2 Å².